The Morgan fingerprint density at radius 2 is 2.00 bits per heavy atom. The van der Waals surface area contributed by atoms with Crippen molar-refractivity contribution in [2.45, 2.75) is 20.3 Å². The fourth-order valence-electron chi connectivity index (χ4n) is 2.09. The van der Waals surface area contributed by atoms with E-state index >= 15 is 0 Å². The van der Waals surface area contributed by atoms with Gasteiger partial charge in [0.1, 0.15) is 5.75 Å². The van der Waals surface area contributed by atoms with E-state index in [-0.39, 0.29) is 12.5 Å². The quantitative estimate of drug-likeness (QED) is 0.829. The van der Waals surface area contributed by atoms with Crippen LogP contribution >= 0.6 is 0 Å². The number of aryl methyl sites for hydroxylation is 2. The van der Waals surface area contributed by atoms with E-state index in [2.05, 4.69) is 12.2 Å². The van der Waals surface area contributed by atoms with Gasteiger partial charge in [0.05, 0.1) is 0 Å². The molecule has 0 radical (unpaired) electrons. The predicted molar refractivity (Wildman–Crippen MR) is 85.5 cm³/mol. The van der Waals surface area contributed by atoms with Crippen molar-refractivity contribution in [1.29, 1.82) is 0 Å². The molecule has 4 heteroatoms. The number of amides is 1. The second-order valence-corrected chi connectivity index (χ2v) is 4.87. The summed E-state index contributed by atoms with van der Waals surface area (Å²) in [7, 11) is 0. The van der Waals surface area contributed by atoms with Crippen molar-refractivity contribution in [3.05, 3.63) is 53.6 Å². The smallest absolute Gasteiger partial charge is 0.262 e. The van der Waals surface area contributed by atoms with Crippen molar-refractivity contribution in [3.63, 3.8) is 0 Å². The first-order valence-corrected chi connectivity index (χ1v) is 6.97. The molecule has 0 saturated carbocycles. The summed E-state index contributed by atoms with van der Waals surface area (Å²) in [6, 6.07) is 13.1. The van der Waals surface area contributed by atoms with Crippen LogP contribution in [-0.2, 0) is 11.2 Å². The maximum Gasteiger partial charge on any atom is 0.262 e. The van der Waals surface area contributed by atoms with E-state index in [1.165, 1.54) is 0 Å². The first-order valence-electron chi connectivity index (χ1n) is 6.97. The van der Waals surface area contributed by atoms with Crippen LogP contribution in [0.5, 0.6) is 5.75 Å². The van der Waals surface area contributed by atoms with Gasteiger partial charge in [-0.1, -0.05) is 25.1 Å². The average Bonchev–Trinajstić information content (AvgIpc) is 2.48. The number of nitrogens with two attached hydrogens (primary N) is 1. The van der Waals surface area contributed by atoms with Gasteiger partial charge in [-0.15, -0.1) is 0 Å². The van der Waals surface area contributed by atoms with Gasteiger partial charge in [0, 0.05) is 11.4 Å². The molecule has 0 aliphatic carbocycles. The Kier molecular flexibility index (Phi) is 4.82. The van der Waals surface area contributed by atoms with Gasteiger partial charge in [0.15, 0.2) is 6.61 Å². The number of benzene rings is 2. The molecule has 2 rings (SSSR count). The number of carbonyl (C=O) groups excluding carboxylic acids is 1. The van der Waals surface area contributed by atoms with Crippen LogP contribution < -0.4 is 15.8 Å². The molecule has 2 aromatic carbocycles. The Hall–Kier alpha value is -2.49. The number of hydrogen-bond acceptors (Lipinski definition) is 3. The Morgan fingerprint density at radius 3 is 2.71 bits per heavy atom. The van der Waals surface area contributed by atoms with Crippen LogP contribution in [0.4, 0.5) is 11.4 Å². The van der Waals surface area contributed by atoms with Crippen molar-refractivity contribution in [2.75, 3.05) is 17.7 Å². The number of nitrogen functional groups attached to an aromatic ring is 1. The van der Waals surface area contributed by atoms with Crippen LogP contribution in [0.25, 0.3) is 0 Å². The van der Waals surface area contributed by atoms with Crippen molar-refractivity contribution in [1.82, 2.24) is 0 Å². The number of para-hydroxylation sites is 1. The molecule has 1 amide bonds. The molecule has 110 valence electrons. The lowest BCUT2D eigenvalue weighted by Crippen LogP contribution is -2.21. The number of anilines is 2. The van der Waals surface area contributed by atoms with Crippen molar-refractivity contribution < 1.29 is 9.53 Å². The molecule has 2 aromatic rings. The van der Waals surface area contributed by atoms with Crippen molar-refractivity contribution >= 4 is 17.3 Å². The molecule has 0 aromatic heterocycles. The minimum atomic E-state index is -0.186. The fourth-order valence-corrected chi connectivity index (χ4v) is 2.09. The Labute approximate surface area is 124 Å². The van der Waals surface area contributed by atoms with E-state index in [4.69, 9.17) is 10.5 Å². The molecule has 21 heavy (non-hydrogen) atoms. The highest BCUT2D eigenvalue weighted by Gasteiger charge is 2.07. The molecule has 0 bridgehead atoms. The SMILES string of the molecule is CCc1ccccc1OCC(=O)Nc1ccc(N)cc1C. The Bertz CT molecular complexity index is 638. The summed E-state index contributed by atoms with van der Waals surface area (Å²) in [4.78, 5) is 12.0. The summed E-state index contributed by atoms with van der Waals surface area (Å²) in [6.45, 7) is 3.94. The summed E-state index contributed by atoms with van der Waals surface area (Å²) < 4.78 is 5.59. The van der Waals surface area contributed by atoms with E-state index < -0.39 is 0 Å². The van der Waals surface area contributed by atoms with Gasteiger partial charge in [-0.25, -0.2) is 0 Å². The van der Waals surface area contributed by atoms with Crippen molar-refractivity contribution in [3.8, 4) is 5.75 Å². The first kappa shape index (κ1) is 14.9. The predicted octanol–water partition coefficient (Wildman–Crippen LogP) is 3.16. The summed E-state index contributed by atoms with van der Waals surface area (Å²) >= 11 is 0. The second-order valence-electron chi connectivity index (χ2n) is 4.87. The first-order chi connectivity index (χ1) is 10.1. The van der Waals surface area contributed by atoms with Gasteiger partial charge in [-0.2, -0.15) is 0 Å². The zero-order valence-corrected chi connectivity index (χ0v) is 12.3. The highest BCUT2D eigenvalue weighted by molar-refractivity contribution is 5.92. The fraction of sp³-hybridized carbons (Fsp3) is 0.235. The topological polar surface area (TPSA) is 64.3 Å². The number of rotatable bonds is 5. The number of carbonyl (C=O) groups is 1. The van der Waals surface area contributed by atoms with E-state index in [0.717, 1.165) is 29.0 Å². The Balaban J connectivity index is 1.96. The third-order valence-corrected chi connectivity index (χ3v) is 3.24. The van der Waals surface area contributed by atoms with Crippen LogP contribution in [0.2, 0.25) is 0 Å². The highest BCUT2D eigenvalue weighted by atomic mass is 16.5. The summed E-state index contributed by atoms with van der Waals surface area (Å²) in [6.07, 6.45) is 0.870. The van der Waals surface area contributed by atoms with Crippen LogP contribution in [0.15, 0.2) is 42.5 Å². The molecule has 0 fully saturated rings. The summed E-state index contributed by atoms with van der Waals surface area (Å²) in [5, 5.41) is 2.83. The standard InChI is InChI=1S/C17H20N2O2/c1-3-13-6-4-5-7-16(13)21-11-17(20)19-15-9-8-14(18)10-12(15)2/h4-10H,3,11,18H2,1-2H3,(H,19,20). The van der Waals surface area contributed by atoms with Crippen LogP contribution in [0.3, 0.4) is 0 Å². The summed E-state index contributed by atoms with van der Waals surface area (Å²) in [5.41, 5.74) is 9.14. The highest BCUT2D eigenvalue weighted by Crippen LogP contribution is 2.19. The molecular formula is C17H20N2O2. The molecular weight excluding hydrogens is 264 g/mol. The van der Waals surface area contributed by atoms with Gasteiger partial charge in [0.2, 0.25) is 0 Å². The maximum absolute atomic E-state index is 12.0. The number of nitrogens with one attached hydrogen (secondary N) is 1. The third kappa shape index (κ3) is 3.99. The summed E-state index contributed by atoms with van der Waals surface area (Å²) in [5.74, 6) is 0.568. The molecule has 0 aliphatic rings. The second kappa shape index (κ2) is 6.79. The van der Waals surface area contributed by atoms with Gasteiger partial charge in [-0.3, -0.25) is 4.79 Å². The van der Waals surface area contributed by atoms with Gasteiger partial charge < -0.3 is 15.8 Å². The zero-order valence-electron chi connectivity index (χ0n) is 12.3. The van der Waals surface area contributed by atoms with E-state index in [0.29, 0.717) is 5.69 Å². The minimum Gasteiger partial charge on any atom is -0.483 e. The maximum atomic E-state index is 12.0. The van der Waals surface area contributed by atoms with E-state index in [1.807, 2.05) is 37.3 Å². The molecule has 0 saturated heterocycles. The lowest BCUT2D eigenvalue weighted by molar-refractivity contribution is -0.118. The molecule has 0 atom stereocenters. The van der Waals surface area contributed by atoms with Crippen molar-refractivity contribution in [2.24, 2.45) is 0 Å². The third-order valence-electron chi connectivity index (χ3n) is 3.24. The number of hydrogen-bond donors (Lipinski definition) is 2. The zero-order chi connectivity index (χ0) is 15.2. The van der Waals surface area contributed by atoms with Crippen LogP contribution in [0.1, 0.15) is 18.1 Å². The van der Waals surface area contributed by atoms with Gasteiger partial charge in [-0.05, 0) is 48.7 Å². The molecule has 3 N–H and O–H groups in total. The van der Waals surface area contributed by atoms with Gasteiger partial charge in [0.25, 0.3) is 5.91 Å². The monoisotopic (exact) mass is 284 g/mol. The molecule has 0 unspecified atom stereocenters. The lowest BCUT2D eigenvalue weighted by atomic mass is 10.1. The van der Waals surface area contributed by atoms with E-state index in [1.54, 1.807) is 12.1 Å². The Morgan fingerprint density at radius 1 is 1.24 bits per heavy atom. The minimum absolute atomic E-state index is 0.0131. The van der Waals surface area contributed by atoms with Gasteiger partial charge >= 0.3 is 0 Å². The molecule has 0 spiro atoms. The molecule has 0 aliphatic heterocycles. The average molecular weight is 284 g/mol. The van der Waals surface area contributed by atoms with Crippen LogP contribution in [0, 0.1) is 6.92 Å². The number of ether oxygens (including phenoxy) is 1. The molecule has 4 nitrogen and oxygen atoms in total. The van der Waals surface area contributed by atoms with Crippen LogP contribution in [-0.4, -0.2) is 12.5 Å². The normalized spacial score (nSPS) is 10.2. The molecule has 0 heterocycles. The largest absolute Gasteiger partial charge is 0.483 e. The van der Waals surface area contributed by atoms with E-state index in [9.17, 15) is 4.79 Å². The lowest BCUT2D eigenvalue weighted by Gasteiger charge is -2.12.